The van der Waals surface area contributed by atoms with Gasteiger partial charge in [-0.25, -0.2) is 0 Å². The Hall–Kier alpha value is -1.82. The average molecular weight is 295 g/mol. The molecule has 0 aliphatic rings. The molecule has 0 bridgehead atoms. The van der Waals surface area contributed by atoms with E-state index in [1.165, 1.54) is 6.07 Å². The number of nitro groups is 1. The van der Waals surface area contributed by atoms with Crippen LogP contribution in [0, 0.1) is 10.1 Å². The van der Waals surface area contributed by atoms with Crippen LogP contribution in [0.15, 0.2) is 18.2 Å². The summed E-state index contributed by atoms with van der Waals surface area (Å²) in [5.41, 5.74) is 0.834. The molecule has 0 radical (unpaired) electrons. The van der Waals surface area contributed by atoms with Gasteiger partial charge in [0.1, 0.15) is 0 Å². The van der Waals surface area contributed by atoms with Crippen LogP contribution in [0.4, 0.5) is 11.4 Å². The fourth-order valence-corrected chi connectivity index (χ4v) is 1.95. The van der Waals surface area contributed by atoms with Crippen molar-refractivity contribution < 1.29 is 9.66 Å². The number of benzene rings is 1. The lowest BCUT2D eigenvalue weighted by molar-refractivity contribution is -0.385. The Kier molecular flexibility index (Phi) is 6.94. The molecule has 0 amide bonds. The van der Waals surface area contributed by atoms with Gasteiger partial charge in [-0.05, 0) is 33.4 Å². The smallest absolute Gasteiger partial charge is 0.311 e. The van der Waals surface area contributed by atoms with Gasteiger partial charge in [0.15, 0.2) is 5.75 Å². The van der Waals surface area contributed by atoms with Gasteiger partial charge in [0.25, 0.3) is 0 Å². The minimum absolute atomic E-state index is 0.000812. The molecule has 0 aliphatic carbocycles. The molecule has 0 saturated heterocycles. The van der Waals surface area contributed by atoms with Crippen LogP contribution in [0.25, 0.3) is 0 Å². The number of hydrogen-bond donors (Lipinski definition) is 1. The molecule has 0 aliphatic heterocycles. The molecule has 6 nitrogen and oxygen atoms in total. The number of hydrogen-bond acceptors (Lipinski definition) is 5. The second kappa shape index (κ2) is 8.46. The third kappa shape index (κ3) is 5.23. The second-order valence-corrected chi connectivity index (χ2v) is 5.04. The molecule has 0 aromatic heterocycles. The largest absolute Gasteiger partial charge is 0.487 e. The van der Waals surface area contributed by atoms with Crippen molar-refractivity contribution in [3.63, 3.8) is 0 Å². The summed E-state index contributed by atoms with van der Waals surface area (Å²) < 4.78 is 5.33. The van der Waals surface area contributed by atoms with Crippen molar-refractivity contribution in [3.05, 3.63) is 28.3 Å². The van der Waals surface area contributed by atoms with E-state index in [0.717, 1.165) is 25.2 Å². The lowest BCUT2D eigenvalue weighted by Crippen LogP contribution is -2.32. The summed E-state index contributed by atoms with van der Waals surface area (Å²) in [4.78, 5) is 12.8. The van der Waals surface area contributed by atoms with Crippen LogP contribution >= 0.6 is 0 Å². The molecule has 0 fully saturated rings. The monoisotopic (exact) mass is 295 g/mol. The highest BCUT2D eigenvalue weighted by Gasteiger charge is 2.15. The number of ether oxygens (including phenoxy) is 1. The van der Waals surface area contributed by atoms with E-state index in [4.69, 9.17) is 4.74 Å². The van der Waals surface area contributed by atoms with Crippen molar-refractivity contribution in [2.75, 3.05) is 32.1 Å². The molecule has 1 atom stereocenters. The highest BCUT2D eigenvalue weighted by atomic mass is 16.6. The summed E-state index contributed by atoms with van der Waals surface area (Å²) >= 11 is 0. The van der Waals surface area contributed by atoms with E-state index in [9.17, 15) is 10.1 Å². The van der Waals surface area contributed by atoms with Crippen LogP contribution in [0.5, 0.6) is 5.75 Å². The normalized spacial score (nSPS) is 12.2. The number of nitrogens with one attached hydrogen (secondary N) is 1. The first-order chi connectivity index (χ1) is 9.99. The Morgan fingerprint density at radius 1 is 1.43 bits per heavy atom. The van der Waals surface area contributed by atoms with E-state index in [1.807, 2.05) is 6.92 Å². The lowest BCUT2D eigenvalue weighted by atomic mass is 10.2. The van der Waals surface area contributed by atoms with Crippen LogP contribution < -0.4 is 10.1 Å². The minimum Gasteiger partial charge on any atom is -0.487 e. The average Bonchev–Trinajstić information content (AvgIpc) is 2.46. The summed E-state index contributed by atoms with van der Waals surface area (Å²) in [6.45, 7) is 8.27. The summed E-state index contributed by atoms with van der Waals surface area (Å²) in [5.74, 6) is 0.308. The van der Waals surface area contributed by atoms with Gasteiger partial charge in [-0.3, -0.25) is 10.1 Å². The quantitative estimate of drug-likeness (QED) is 0.560. The van der Waals surface area contributed by atoms with E-state index in [-0.39, 0.29) is 5.69 Å². The van der Waals surface area contributed by atoms with Crippen molar-refractivity contribution in [2.24, 2.45) is 0 Å². The molecule has 21 heavy (non-hydrogen) atoms. The van der Waals surface area contributed by atoms with Gasteiger partial charge < -0.3 is 15.0 Å². The van der Waals surface area contributed by atoms with E-state index < -0.39 is 4.92 Å². The van der Waals surface area contributed by atoms with Gasteiger partial charge in [-0.15, -0.1) is 0 Å². The molecule has 1 rings (SSSR count). The molecular weight excluding hydrogens is 270 g/mol. The summed E-state index contributed by atoms with van der Waals surface area (Å²) in [7, 11) is 2.09. The van der Waals surface area contributed by atoms with Crippen molar-refractivity contribution >= 4 is 11.4 Å². The van der Waals surface area contributed by atoms with Crippen molar-refractivity contribution in [3.8, 4) is 5.75 Å². The van der Waals surface area contributed by atoms with E-state index in [1.54, 1.807) is 12.1 Å². The first-order valence-electron chi connectivity index (χ1n) is 7.34. The summed E-state index contributed by atoms with van der Waals surface area (Å²) in [6, 6.07) is 5.42. The molecule has 1 aromatic carbocycles. The predicted octanol–water partition coefficient (Wildman–Crippen LogP) is 3.14. The van der Waals surface area contributed by atoms with Crippen LogP contribution in [-0.2, 0) is 0 Å². The molecule has 0 spiro atoms. The first kappa shape index (κ1) is 17.2. The van der Waals surface area contributed by atoms with Crippen LogP contribution in [0.3, 0.4) is 0 Å². The standard InChI is InChI=1S/C15H25N3O3/c1-5-12(3)17(4)10-9-16-13-7-8-14(18(19)20)15(11-13)21-6-2/h7-8,11-12,16H,5-6,9-10H2,1-4H3. The van der Waals surface area contributed by atoms with Crippen molar-refractivity contribution in [1.29, 1.82) is 0 Å². The van der Waals surface area contributed by atoms with E-state index in [2.05, 4.69) is 31.1 Å². The molecule has 118 valence electrons. The molecule has 1 N–H and O–H groups in total. The number of likely N-dealkylation sites (N-methyl/N-ethyl adjacent to an activating group) is 1. The number of nitrogens with zero attached hydrogens (tertiary/aromatic N) is 2. The summed E-state index contributed by atoms with van der Waals surface area (Å²) in [5, 5.41) is 14.2. The molecule has 0 heterocycles. The highest BCUT2D eigenvalue weighted by Crippen LogP contribution is 2.29. The van der Waals surface area contributed by atoms with Gasteiger partial charge in [0.05, 0.1) is 11.5 Å². The molecule has 1 aromatic rings. The van der Waals surface area contributed by atoms with Crippen LogP contribution in [0.1, 0.15) is 27.2 Å². The molecule has 6 heteroatoms. The zero-order valence-electron chi connectivity index (χ0n) is 13.3. The van der Waals surface area contributed by atoms with E-state index in [0.29, 0.717) is 18.4 Å². The summed E-state index contributed by atoms with van der Waals surface area (Å²) in [6.07, 6.45) is 1.11. The zero-order valence-corrected chi connectivity index (χ0v) is 13.3. The van der Waals surface area contributed by atoms with Crippen LogP contribution in [-0.4, -0.2) is 42.6 Å². The fourth-order valence-electron chi connectivity index (χ4n) is 1.95. The van der Waals surface area contributed by atoms with Gasteiger partial charge in [-0.2, -0.15) is 0 Å². The van der Waals surface area contributed by atoms with Crippen molar-refractivity contribution in [2.45, 2.75) is 33.2 Å². The Labute approximate surface area is 126 Å². The highest BCUT2D eigenvalue weighted by molar-refractivity contribution is 5.58. The van der Waals surface area contributed by atoms with Crippen LogP contribution in [0.2, 0.25) is 0 Å². The molecule has 0 saturated carbocycles. The van der Waals surface area contributed by atoms with Gasteiger partial charge in [0, 0.05) is 37.0 Å². The SMILES string of the molecule is CCOc1cc(NCCN(C)C(C)CC)ccc1[N+](=O)[O-]. The third-order valence-electron chi connectivity index (χ3n) is 3.59. The van der Waals surface area contributed by atoms with Gasteiger partial charge >= 0.3 is 5.69 Å². The topological polar surface area (TPSA) is 67.6 Å². The fraction of sp³-hybridized carbons (Fsp3) is 0.600. The third-order valence-corrected chi connectivity index (χ3v) is 3.59. The minimum atomic E-state index is -0.425. The molecule has 1 unspecified atom stereocenters. The number of nitro benzene ring substituents is 1. The molecular formula is C15H25N3O3. The zero-order chi connectivity index (χ0) is 15.8. The van der Waals surface area contributed by atoms with Crippen molar-refractivity contribution in [1.82, 2.24) is 4.90 Å². The predicted molar refractivity (Wildman–Crippen MR) is 85.1 cm³/mol. The maximum Gasteiger partial charge on any atom is 0.311 e. The Balaban J connectivity index is 2.64. The lowest BCUT2D eigenvalue weighted by Gasteiger charge is -2.23. The maximum absolute atomic E-state index is 10.9. The van der Waals surface area contributed by atoms with Gasteiger partial charge in [-0.1, -0.05) is 6.92 Å². The maximum atomic E-state index is 10.9. The number of anilines is 1. The Morgan fingerprint density at radius 2 is 2.14 bits per heavy atom. The Morgan fingerprint density at radius 3 is 2.71 bits per heavy atom. The van der Waals surface area contributed by atoms with E-state index >= 15 is 0 Å². The number of rotatable bonds is 9. The van der Waals surface area contributed by atoms with Gasteiger partial charge in [0.2, 0.25) is 0 Å². The second-order valence-electron chi connectivity index (χ2n) is 5.04. The first-order valence-corrected chi connectivity index (χ1v) is 7.34. The Bertz CT molecular complexity index is 465.